The lowest BCUT2D eigenvalue weighted by atomic mass is 10.2. The highest BCUT2D eigenvalue weighted by atomic mass is 32.2. The standard InChI is InChI=1S/C21H17F2N5OS3/c1-12(29)27(18-15(22)4-2-5-16(18)23)20-24-13(10-31-20)11-32-21-26-25-19(17-6-3-9-30-17)28(21)14-7-8-14/h2-6,9-10,14H,7-8,11H2,1H3. The van der Waals surface area contributed by atoms with Crippen LogP contribution in [-0.2, 0) is 10.5 Å². The van der Waals surface area contributed by atoms with Gasteiger partial charge >= 0.3 is 0 Å². The molecule has 0 bridgehead atoms. The second-order valence-corrected chi connectivity index (χ2v) is 9.95. The van der Waals surface area contributed by atoms with Crippen molar-refractivity contribution >= 4 is 51.2 Å². The normalized spacial score (nSPS) is 13.5. The Morgan fingerprint density at radius 2 is 1.97 bits per heavy atom. The molecule has 1 aliphatic carbocycles. The Kier molecular flexibility index (Phi) is 5.78. The Morgan fingerprint density at radius 3 is 2.62 bits per heavy atom. The maximum atomic E-state index is 14.3. The summed E-state index contributed by atoms with van der Waals surface area (Å²) in [7, 11) is 0. The van der Waals surface area contributed by atoms with Crippen LogP contribution in [0.4, 0.5) is 19.6 Å². The second kappa shape index (κ2) is 8.72. The third-order valence-electron chi connectivity index (χ3n) is 4.87. The van der Waals surface area contributed by atoms with Gasteiger partial charge in [-0.2, -0.15) is 0 Å². The van der Waals surface area contributed by atoms with Crippen LogP contribution >= 0.6 is 34.4 Å². The second-order valence-electron chi connectivity index (χ2n) is 7.22. The summed E-state index contributed by atoms with van der Waals surface area (Å²) >= 11 is 4.30. The van der Waals surface area contributed by atoms with Crippen LogP contribution in [0.25, 0.3) is 10.7 Å². The van der Waals surface area contributed by atoms with Crippen LogP contribution in [0.1, 0.15) is 31.5 Å². The molecule has 6 nitrogen and oxygen atoms in total. The van der Waals surface area contributed by atoms with Gasteiger partial charge in [-0.15, -0.1) is 32.9 Å². The van der Waals surface area contributed by atoms with Crippen LogP contribution in [0.15, 0.2) is 46.2 Å². The van der Waals surface area contributed by atoms with Gasteiger partial charge in [0.1, 0.15) is 17.3 Å². The highest BCUT2D eigenvalue weighted by molar-refractivity contribution is 7.98. The van der Waals surface area contributed by atoms with Gasteiger partial charge in [-0.3, -0.25) is 14.3 Å². The first kappa shape index (κ1) is 21.2. The predicted molar refractivity (Wildman–Crippen MR) is 122 cm³/mol. The number of rotatable bonds is 7. The molecule has 164 valence electrons. The minimum atomic E-state index is -0.815. The molecule has 0 aliphatic heterocycles. The number of hydrogen-bond donors (Lipinski definition) is 0. The SMILES string of the molecule is CC(=O)N(c1nc(CSc2nnc(-c3cccs3)n2C2CC2)cs1)c1c(F)cccc1F. The molecule has 4 aromatic rings. The minimum Gasteiger partial charge on any atom is -0.298 e. The van der Waals surface area contributed by atoms with Gasteiger partial charge in [0.25, 0.3) is 0 Å². The summed E-state index contributed by atoms with van der Waals surface area (Å²) in [6, 6.07) is 7.94. The van der Waals surface area contributed by atoms with Gasteiger partial charge in [0.05, 0.1) is 10.6 Å². The molecule has 0 N–H and O–H groups in total. The highest BCUT2D eigenvalue weighted by Crippen LogP contribution is 2.42. The number of carbonyl (C=O) groups is 1. The van der Waals surface area contributed by atoms with E-state index in [1.807, 2.05) is 17.5 Å². The van der Waals surface area contributed by atoms with Gasteiger partial charge in [0.15, 0.2) is 16.1 Å². The fourth-order valence-electron chi connectivity index (χ4n) is 3.31. The molecular weight excluding hydrogens is 472 g/mol. The lowest BCUT2D eigenvalue weighted by Gasteiger charge is -2.19. The number of hydrogen-bond acceptors (Lipinski definition) is 7. The van der Waals surface area contributed by atoms with Crippen LogP contribution in [0.3, 0.4) is 0 Å². The number of thiazole rings is 1. The molecular formula is C21H17F2N5OS3. The summed E-state index contributed by atoms with van der Waals surface area (Å²) in [6.45, 7) is 1.26. The lowest BCUT2D eigenvalue weighted by Crippen LogP contribution is -2.24. The van der Waals surface area contributed by atoms with E-state index in [4.69, 9.17) is 0 Å². The van der Waals surface area contributed by atoms with Crippen molar-refractivity contribution in [2.75, 3.05) is 4.90 Å². The zero-order valence-electron chi connectivity index (χ0n) is 16.9. The molecule has 5 rings (SSSR count). The summed E-state index contributed by atoms with van der Waals surface area (Å²) in [4.78, 5) is 18.7. The van der Waals surface area contributed by atoms with E-state index in [1.54, 1.807) is 16.7 Å². The van der Waals surface area contributed by atoms with Crippen molar-refractivity contribution in [2.24, 2.45) is 0 Å². The zero-order chi connectivity index (χ0) is 22.2. The van der Waals surface area contributed by atoms with Crippen molar-refractivity contribution in [2.45, 2.75) is 36.7 Å². The quantitative estimate of drug-likeness (QED) is 0.296. The molecule has 3 heterocycles. The average Bonchev–Trinajstić information content (AvgIpc) is 3.16. The molecule has 3 aromatic heterocycles. The zero-order valence-corrected chi connectivity index (χ0v) is 19.3. The van der Waals surface area contributed by atoms with Gasteiger partial charge in [0.2, 0.25) is 5.91 Å². The van der Waals surface area contributed by atoms with Crippen LogP contribution < -0.4 is 4.90 Å². The van der Waals surface area contributed by atoms with E-state index in [0.29, 0.717) is 17.5 Å². The van der Waals surface area contributed by atoms with E-state index in [-0.39, 0.29) is 5.13 Å². The number of thiophene rings is 1. The molecule has 1 saturated carbocycles. The summed E-state index contributed by atoms with van der Waals surface area (Å²) in [6.07, 6.45) is 2.21. The van der Waals surface area contributed by atoms with Gasteiger partial charge in [0, 0.05) is 24.1 Å². The summed E-state index contributed by atoms with van der Waals surface area (Å²) < 4.78 is 30.8. The number of para-hydroxylation sites is 1. The van der Waals surface area contributed by atoms with Crippen molar-refractivity contribution < 1.29 is 13.6 Å². The highest BCUT2D eigenvalue weighted by Gasteiger charge is 2.31. The van der Waals surface area contributed by atoms with E-state index >= 15 is 0 Å². The number of benzene rings is 1. The van der Waals surface area contributed by atoms with Crippen LogP contribution in [-0.4, -0.2) is 25.7 Å². The molecule has 0 saturated heterocycles. The van der Waals surface area contributed by atoms with Crippen LogP contribution in [0, 0.1) is 11.6 Å². The minimum absolute atomic E-state index is 0.222. The molecule has 0 radical (unpaired) electrons. The Bertz CT molecular complexity index is 1250. The van der Waals surface area contributed by atoms with Crippen LogP contribution in [0.5, 0.6) is 0 Å². The number of nitrogens with zero attached hydrogens (tertiary/aromatic N) is 5. The van der Waals surface area contributed by atoms with Crippen molar-refractivity contribution in [1.29, 1.82) is 0 Å². The van der Waals surface area contributed by atoms with Crippen molar-refractivity contribution in [1.82, 2.24) is 19.7 Å². The topological polar surface area (TPSA) is 63.9 Å². The molecule has 32 heavy (non-hydrogen) atoms. The van der Waals surface area contributed by atoms with Crippen molar-refractivity contribution in [3.63, 3.8) is 0 Å². The maximum Gasteiger partial charge on any atom is 0.230 e. The Balaban J connectivity index is 1.38. The number of aromatic nitrogens is 4. The molecule has 1 fully saturated rings. The third kappa shape index (κ3) is 4.07. The molecule has 1 amide bonds. The first-order valence-corrected chi connectivity index (χ1v) is 12.6. The number of amides is 1. The van der Waals surface area contributed by atoms with Gasteiger partial charge < -0.3 is 0 Å². The first-order chi connectivity index (χ1) is 15.5. The fourth-order valence-corrected chi connectivity index (χ4v) is 5.89. The monoisotopic (exact) mass is 489 g/mol. The molecule has 0 unspecified atom stereocenters. The number of thioether (sulfide) groups is 1. The maximum absolute atomic E-state index is 14.3. The van der Waals surface area contributed by atoms with E-state index in [2.05, 4.69) is 19.7 Å². The first-order valence-electron chi connectivity index (χ1n) is 9.83. The summed E-state index contributed by atoms with van der Waals surface area (Å²) in [5, 5.41) is 13.6. The number of carbonyl (C=O) groups excluding carboxylic acids is 1. The van der Waals surface area contributed by atoms with Crippen molar-refractivity contribution in [3.05, 3.63) is 58.4 Å². The molecule has 0 spiro atoms. The number of anilines is 2. The van der Waals surface area contributed by atoms with Gasteiger partial charge in [-0.1, -0.05) is 23.9 Å². The summed E-state index contributed by atoms with van der Waals surface area (Å²) in [5.74, 6) is -0.773. The summed E-state index contributed by atoms with van der Waals surface area (Å²) in [5.41, 5.74) is 0.281. The Hall–Kier alpha value is -2.63. The largest absolute Gasteiger partial charge is 0.298 e. The van der Waals surface area contributed by atoms with E-state index in [9.17, 15) is 13.6 Å². The van der Waals surface area contributed by atoms with Crippen molar-refractivity contribution in [3.8, 4) is 10.7 Å². The number of halogens is 2. The van der Waals surface area contributed by atoms with Gasteiger partial charge in [-0.05, 0) is 36.4 Å². The molecule has 1 aliphatic rings. The average molecular weight is 490 g/mol. The van der Waals surface area contributed by atoms with Crippen LogP contribution in [0.2, 0.25) is 0 Å². The Labute approximate surface area is 194 Å². The van der Waals surface area contributed by atoms with E-state index in [0.717, 1.165) is 45.7 Å². The third-order valence-corrected chi connectivity index (χ3v) is 7.59. The Morgan fingerprint density at radius 1 is 1.19 bits per heavy atom. The molecule has 11 heteroatoms. The van der Waals surface area contributed by atoms with Gasteiger partial charge in [-0.25, -0.2) is 13.8 Å². The van der Waals surface area contributed by atoms with E-state index < -0.39 is 23.2 Å². The molecule has 1 aromatic carbocycles. The molecule has 0 atom stereocenters. The predicted octanol–water partition coefficient (Wildman–Crippen LogP) is 6.05. The lowest BCUT2D eigenvalue weighted by molar-refractivity contribution is -0.115. The fraction of sp³-hybridized carbons (Fsp3) is 0.238. The smallest absolute Gasteiger partial charge is 0.230 e. The van der Waals surface area contributed by atoms with E-state index in [1.165, 1.54) is 36.1 Å².